The van der Waals surface area contributed by atoms with Gasteiger partial charge in [0.05, 0.1) is 18.1 Å². The first-order chi connectivity index (χ1) is 8.43. The second-order valence-corrected chi connectivity index (χ2v) is 5.59. The Hall–Kier alpha value is -1.16. The lowest BCUT2D eigenvalue weighted by Crippen LogP contribution is -2.27. The maximum absolute atomic E-state index is 5.75. The number of nitrogens with one attached hydrogen (secondary N) is 1. The smallest absolute Gasteiger partial charge is 0.232 e. The van der Waals surface area contributed by atoms with E-state index >= 15 is 0 Å². The van der Waals surface area contributed by atoms with Crippen LogP contribution in [-0.4, -0.2) is 22.1 Å². The minimum atomic E-state index is -0.188. The van der Waals surface area contributed by atoms with E-state index in [1.165, 1.54) is 0 Å². The second kappa shape index (κ2) is 6.69. The average Bonchev–Trinajstić information content (AvgIpc) is 2.31. The quantitative estimate of drug-likeness (QED) is 0.809. The molecule has 0 spiro atoms. The van der Waals surface area contributed by atoms with Crippen molar-refractivity contribution >= 4 is 0 Å². The summed E-state index contributed by atoms with van der Waals surface area (Å²) < 4.78 is 5.75. The van der Waals surface area contributed by atoms with Crippen LogP contribution in [0.15, 0.2) is 12.4 Å². The molecule has 0 aromatic carbocycles. The van der Waals surface area contributed by atoms with Gasteiger partial charge >= 0.3 is 0 Å². The molecule has 0 unspecified atom stereocenters. The zero-order valence-corrected chi connectivity index (χ0v) is 12.2. The van der Waals surface area contributed by atoms with Crippen molar-refractivity contribution in [2.24, 2.45) is 5.92 Å². The van der Waals surface area contributed by atoms with Gasteiger partial charge in [0.2, 0.25) is 5.88 Å². The van der Waals surface area contributed by atoms with Crippen LogP contribution in [0.5, 0.6) is 5.88 Å². The van der Waals surface area contributed by atoms with Gasteiger partial charge in [0.15, 0.2) is 0 Å². The van der Waals surface area contributed by atoms with E-state index < -0.39 is 0 Å². The fraction of sp³-hybridized carbons (Fsp3) is 0.714. The first-order valence-corrected chi connectivity index (χ1v) is 6.63. The highest BCUT2D eigenvalue weighted by Crippen LogP contribution is 2.17. The van der Waals surface area contributed by atoms with Crippen LogP contribution < -0.4 is 10.1 Å². The van der Waals surface area contributed by atoms with Crippen molar-refractivity contribution in [3.8, 4) is 5.88 Å². The van der Waals surface area contributed by atoms with Crippen LogP contribution in [-0.2, 0) is 6.54 Å². The summed E-state index contributed by atoms with van der Waals surface area (Å²) in [6.45, 7) is 12.3. The van der Waals surface area contributed by atoms with Crippen molar-refractivity contribution in [3.63, 3.8) is 0 Å². The van der Waals surface area contributed by atoms with Gasteiger partial charge in [-0.3, -0.25) is 4.98 Å². The molecule has 18 heavy (non-hydrogen) atoms. The van der Waals surface area contributed by atoms with Crippen molar-refractivity contribution in [1.29, 1.82) is 0 Å². The zero-order chi connectivity index (χ0) is 13.6. The molecular weight excluding hydrogens is 226 g/mol. The predicted octanol–water partition coefficient (Wildman–Crippen LogP) is 2.79. The monoisotopic (exact) mass is 251 g/mol. The van der Waals surface area contributed by atoms with E-state index in [1.807, 2.05) is 13.8 Å². The molecule has 0 fully saturated rings. The van der Waals surface area contributed by atoms with Crippen molar-refractivity contribution in [2.75, 3.05) is 6.54 Å². The summed E-state index contributed by atoms with van der Waals surface area (Å²) in [6.07, 6.45) is 4.41. The van der Waals surface area contributed by atoms with Crippen LogP contribution in [0.2, 0.25) is 0 Å². The molecule has 0 atom stereocenters. The number of ether oxygens (including phenoxy) is 1. The van der Waals surface area contributed by atoms with E-state index in [0.717, 1.165) is 25.2 Å². The Morgan fingerprint density at radius 1 is 1.28 bits per heavy atom. The number of rotatable bonds is 7. The molecule has 1 aromatic heterocycles. The van der Waals surface area contributed by atoms with E-state index in [2.05, 4.69) is 36.1 Å². The molecule has 0 bridgehead atoms. The van der Waals surface area contributed by atoms with E-state index in [1.54, 1.807) is 12.4 Å². The van der Waals surface area contributed by atoms with Crippen LogP contribution >= 0.6 is 0 Å². The van der Waals surface area contributed by atoms with E-state index in [4.69, 9.17) is 4.74 Å². The first-order valence-electron chi connectivity index (χ1n) is 6.63. The highest BCUT2D eigenvalue weighted by atomic mass is 16.5. The molecule has 1 N–H and O–H groups in total. The molecule has 1 aromatic rings. The maximum Gasteiger partial charge on any atom is 0.232 e. The number of hydrogen-bond acceptors (Lipinski definition) is 4. The molecular formula is C14H25N3O. The average molecular weight is 251 g/mol. The van der Waals surface area contributed by atoms with Crippen LogP contribution in [0.25, 0.3) is 0 Å². The van der Waals surface area contributed by atoms with Gasteiger partial charge in [0.1, 0.15) is 5.60 Å². The fourth-order valence-corrected chi connectivity index (χ4v) is 1.33. The fourth-order valence-electron chi connectivity index (χ4n) is 1.33. The summed E-state index contributed by atoms with van der Waals surface area (Å²) in [7, 11) is 0. The zero-order valence-electron chi connectivity index (χ0n) is 12.2. The normalized spacial score (nSPS) is 11.9. The molecule has 0 amide bonds. The van der Waals surface area contributed by atoms with E-state index in [9.17, 15) is 0 Å². The van der Waals surface area contributed by atoms with Gasteiger partial charge in [0, 0.05) is 6.54 Å². The third-order valence-corrected chi connectivity index (χ3v) is 2.77. The lowest BCUT2D eigenvalue weighted by Gasteiger charge is -2.23. The SMILES string of the molecule is CCC(C)(C)Oc1cnc(CNCC(C)C)cn1. The molecule has 1 heterocycles. The molecule has 1 rings (SSSR count). The molecule has 0 aliphatic rings. The van der Waals surface area contributed by atoms with Crippen LogP contribution in [0.3, 0.4) is 0 Å². The van der Waals surface area contributed by atoms with Gasteiger partial charge < -0.3 is 10.1 Å². The van der Waals surface area contributed by atoms with Gasteiger partial charge in [0.25, 0.3) is 0 Å². The molecule has 0 aliphatic heterocycles. The predicted molar refractivity (Wildman–Crippen MR) is 73.6 cm³/mol. The third kappa shape index (κ3) is 5.45. The summed E-state index contributed by atoms with van der Waals surface area (Å²) >= 11 is 0. The molecule has 0 saturated heterocycles. The van der Waals surface area contributed by atoms with E-state index in [0.29, 0.717) is 11.8 Å². The summed E-state index contributed by atoms with van der Waals surface area (Å²) in [6, 6.07) is 0. The molecule has 0 saturated carbocycles. The lowest BCUT2D eigenvalue weighted by atomic mass is 10.1. The summed E-state index contributed by atoms with van der Waals surface area (Å²) in [5.41, 5.74) is 0.754. The summed E-state index contributed by atoms with van der Waals surface area (Å²) in [5.74, 6) is 1.24. The van der Waals surface area contributed by atoms with Crippen molar-refractivity contribution in [3.05, 3.63) is 18.1 Å². The number of nitrogens with zero attached hydrogens (tertiary/aromatic N) is 2. The summed E-state index contributed by atoms with van der Waals surface area (Å²) in [5, 5.41) is 3.34. The standard InChI is InChI=1S/C14H25N3O/c1-6-14(4,5)18-13-10-16-12(9-17-13)8-15-7-11(2)3/h9-11,15H,6-8H2,1-5H3. The Morgan fingerprint density at radius 3 is 2.50 bits per heavy atom. The summed E-state index contributed by atoms with van der Waals surface area (Å²) in [4.78, 5) is 8.63. The highest BCUT2D eigenvalue weighted by molar-refractivity contribution is 5.08. The van der Waals surface area contributed by atoms with Gasteiger partial charge in [-0.2, -0.15) is 0 Å². The second-order valence-electron chi connectivity index (χ2n) is 5.59. The first kappa shape index (κ1) is 14.9. The molecule has 4 heteroatoms. The highest BCUT2D eigenvalue weighted by Gasteiger charge is 2.17. The van der Waals surface area contributed by atoms with Crippen molar-refractivity contribution < 1.29 is 4.74 Å². The third-order valence-electron chi connectivity index (χ3n) is 2.77. The Morgan fingerprint density at radius 2 is 2.00 bits per heavy atom. The van der Waals surface area contributed by atoms with Gasteiger partial charge in [-0.1, -0.05) is 20.8 Å². The Bertz CT molecular complexity index is 347. The minimum Gasteiger partial charge on any atom is -0.471 e. The Kier molecular flexibility index (Phi) is 5.54. The minimum absolute atomic E-state index is 0.188. The van der Waals surface area contributed by atoms with Gasteiger partial charge in [-0.25, -0.2) is 4.98 Å². The topological polar surface area (TPSA) is 47.0 Å². The molecule has 4 nitrogen and oxygen atoms in total. The Balaban J connectivity index is 2.47. The lowest BCUT2D eigenvalue weighted by molar-refractivity contribution is 0.0983. The largest absolute Gasteiger partial charge is 0.471 e. The Labute approximate surface area is 110 Å². The number of hydrogen-bond donors (Lipinski definition) is 1. The maximum atomic E-state index is 5.75. The molecule has 102 valence electrons. The van der Waals surface area contributed by atoms with Gasteiger partial charge in [-0.05, 0) is 32.7 Å². The van der Waals surface area contributed by atoms with Crippen molar-refractivity contribution in [2.45, 2.75) is 53.2 Å². The van der Waals surface area contributed by atoms with E-state index in [-0.39, 0.29) is 5.60 Å². The number of aromatic nitrogens is 2. The van der Waals surface area contributed by atoms with Crippen LogP contribution in [0.4, 0.5) is 0 Å². The van der Waals surface area contributed by atoms with Crippen LogP contribution in [0, 0.1) is 5.92 Å². The van der Waals surface area contributed by atoms with Gasteiger partial charge in [-0.15, -0.1) is 0 Å². The molecule has 0 aliphatic carbocycles. The molecule has 0 radical (unpaired) electrons. The van der Waals surface area contributed by atoms with Crippen LogP contribution in [0.1, 0.15) is 46.7 Å². The van der Waals surface area contributed by atoms with Crippen molar-refractivity contribution in [1.82, 2.24) is 15.3 Å².